The third kappa shape index (κ3) is 6.37. The predicted octanol–water partition coefficient (Wildman–Crippen LogP) is 0.931. The fourth-order valence-corrected chi connectivity index (χ4v) is 1.96. The van der Waals surface area contributed by atoms with Crippen molar-refractivity contribution in [3.63, 3.8) is 0 Å². The van der Waals surface area contributed by atoms with Crippen LogP contribution in [0.4, 0.5) is 0 Å². The number of rotatable bonds is 8. The highest BCUT2D eigenvalue weighted by atomic mass is 16.2. The predicted molar refractivity (Wildman–Crippen MR) is 83.7 cm³/mol. The van der Waals surface area contributed by atoms with Gasteiger partial charge in [0.05, 0.1) is 6.07 Å². The van der Waals surface area contributed by atoms with Crippen LogP contribution >= 0.6 is 0 Å². The molecule has 2 amide bonds. The molecular weight excluding hydrogens is 280 g/mol. The highest BCUT2D eigenvalue weighted by molar-refractivity contribution is 5.94. The van der Waals surface area contributed by atoms with E-state index in [1.165, 1.54) is 0 Å². The minimum absolute atomic E-state index is 0.0289. The van der Waals surface area contributed by atoms with E-state index in [2.05, 4.69) is 10.6 Å². The van der Waals surface area contributed by atoms with Crippen LogP contribution in [0.1, 0.15) is 35.7 Å². The quantitative estimate of drug-likeness (QED) is 0.621. The summed E-state index contributed by atoms with van der Waals surface area (Å²) in [7, 11) is 0. The summed E-state index contributed by atoms with van der Waals surface area (Å²) in [4.78, 5) is 23.4. The van der Waals surface area contributed by atoms with E-state index in [1.54, 1.807) is 12.1 Å². The highest BCUT2D eigenvalue weighted by Crippen LogP contribution is 2.07. The van der Waals surface area contributed by atoms with Gasteiger partial charge in [0, 0.05) is 25.1 Å². The lowest BCUT2D eigenvalue weighted by atomic mass is 10.0. The van der Waals surface area contributed by atoms with E-state index in [1.807, 2.05) is 25.1 Å². The summed E-state index contributed by atoms with van der Waals surface area (Å²) >= 11 is 0. The molecule has 1 rings (SSSR count). The van der Waals surface area contributed by atoms with Crippen LogP contribution in [0, 0.1) is 17.2 Å². The Balaban J connectivity index is 2.29. The molecule has 0 spiro atoms. The zero-order chi connectivity index (χ0) is 16.4. The molecule has 0 radical (unpaired) electrons. The van der Waals surface area contributed by atoms with Gasteiger partial charge < -0.3 is 16.4 Å². The van der Waals surface area contributed by atoms with E-state index >= 15 is 0 Å². The van der Waals surface area contributed by atoms with E-state index in [0.717, 1.165) is 5.56 Å². The smallest absolute Gasteiger partial charge is 0.251 e. The van der Waals surface area contributed by atoms with Crippen LogP contribution in [0.2, 0.25) is 0 Å². The fraction of sp³-hybridized carbons (Fsp3) is 0.438. The van der Waals surface area contributed by atoms with Crippen LogP contribution in [0.3, 0.4) is 0 Å². The minimum Gasteiger partial charge on any atom is -0.352 e. The van der Waals surface area contributed by atoms with Crippen molar-refractivity contribution < 1.29 is 9.59 Å². The first kappa shape index (κ1) is 17.7. The molecule has 0 saturated carbocycles. The summed E-state index contributed by atoms with van der Waals surface area (Å²) < 4.78 is 0. The maximum absolute atomic E-state index is 11.9. The van der Waals surface area contributed by atoms with Crippen LogP contribution < -0.4 is 16.4 Å². The summed E-state index contributed by atoms with van der Waals surface area (Å²) in [5.41, 5.74) is 7.08. The standard InChI is InChI=1S/C16H22N4O2/c1-12(10-15(21)19-9-7-17)6-8-20-16(22)14-4-2-13(11-18)3-5-14/h2-5,12H,6,8-11,18H2,1H3,(H,19,21)(H,20,22). The number of nitrogens with one attached hydrogen (secondary N) is 2. The summed E-state index contributed by atoms with van der Waals surface area (Å²) in [6, 6.07) is 9.01. The Labute approximate surface area is 130 Å². The van der Waals surface area contributed by atoms with Gasteiger partial charge in [-0.25, -0.2) is 0 Å². The maximum Gasteiger partial charge on any atom is 0.251 e. The Morgan fingerprint density at radius 2 is 1.95 bits per heavy atom. The zero-order valence-electron chi connectivity index (χ0n) is 12.8. The van der Waals surface area contributed by atoms with E-state index in [4.69, 9.17) is 11.0 Å². The summed E-state index contributed by atoms with van der Waals surface area (Å²) in [5, 5.41) is 13.7. The number of nitrogens with two attached hydrogens (primary N) is 1. The number of nitrogens with zero attached hydrogens (tertiary/aromatic N) is 1. The molecule has 0 aliphatic carbocycles. The van der Waals surface area contributed by atoms with Crippen molar-refractivity contribution in [2.45, 2.75) is 26.3 Å². The van der Waals surface area contributed by atoms with Crippen LogP contribution in [0.15, 0.2) is 24.3 Å². The van der Waals surface area contributed by atoms with Crippen molar-refractivity contribution in [3.05, 3.63) is 35.4 Å². The van der Waals surface area contributed by atoms with Gasteiger partial charge in [-0.15, -0.1) is 0 Å². The van der Waals surface area contributed by atoms with Gasteiger partial charge in [-0.3, -0.25) is 9.59 Å². The topological polar surface area (TPSA) is 108 Å². The third-order valence-corrected chi connectivity index (χ3v) is 3.27. The number of hydrogen-bond acceptors (Lipinski definition) is 4. The molecule has 4 N–H and O–H groups in total. The first-order valence-electron chi connectivity index (χ1n) is 7.27. The molecular formula is C16H22N4O2. The normalized spacial score (nSPS) is 11.3. The second-order valence-corrected chi connectivity index (χ2v) is 5.19. The fourth-order valence-electron chi connectivity index (χ4n) is 1.96. The largest absolute Gasteiger partial charge is 0.352 e. The van der Waals surface area contributed by atoms with E-state index < -0.39 is 0 Å². The van der Waals surface area contributed by atoms with E-state index in [0.29, 0.717) is 31.5 Å². The van der Waals surface area contributed by atoms with Crippen molar-refractivity contribution in [1.29, 1.82) is 5.26 Å². The average Bonchev–Trinajstić information content (AvgIpc) is 2.52. The molecule has 0 saturated heterocycles. The molecule has 6 heteroatoms. The van der Waals surface area contributed by atoms with Crippen molar-refractivity contribution in [2.24, 2.45) is 11.7 Å². The molecule has 118 valence electrons. The van der Waals surface area contributed by atoms with Gasteiger partial charge in [0.25, 0.3) is 5.91 Å². The second kappa shape index (κ2) is 9.53. The lowest BCUT2D eigenvalue weighted by Gasteiger charge is -2.11. The molecule has 0 bridgehead atoms. The first-order valence-corrected chi connectivity index (χ1v) is 7.27. The Kier molecular flexibility index (Phi) is 7.65. The molecule has 1 atom stereocenters. The van der Waals surface area contributed by atoms with Crippen LogP contribution in [-0.2, 0) is 11.3 Å². The van der Waals surface area contributed by atoms with Crippen LogP contribution in [0.5, 0.6) is 0 Å². The highest BCUT2D eigenvalue weighted by Gasteiger charge is 2.10. The van der Waals surface area contributed by atoms with Gasteiger partial charge in [-0.1, -0.05) is 19.1 Å². The average molecular weight is 302 g/mol. The monoisotopic (exact) mass is 302 g/mol. The zero-order valence-corrected chi connectivity index (χ0v) is 12.8. The van der Waals surface area contributed by atoms with Gasteiger partial charge in [0.1, 0.15) is 6.54 Å². The van der Waals surface area contributed by atoms with Crippen molar-refractivity contribution in [2.75, 3.05) is 13.1 Å². The number of amides is 2. The van der Waals surface area contributed by atoms with E-state index in [-0.39, 0.29) is 24.3 Å². The van der Waals surface area contributed by atoms with Crippen molar-refractivity contribution in [1.82, 2.24) is 10.6 Å². The van der Waals surface area contributed by atoms with Crippen LogP contribution in [0.25, 0.3) is 0 Å². The Bertz CT molecular complexity index is 534. The number of carbonyl (C=O) groups excluding carboxylic acids is 2. The van der Waals surface area contributed by atoms with E-state index in [9.17, 15) is 9.59 Å². The summed E-state index contributed by atoms with van der Waals surface area (Å²) in [5.74, 6) is -0.138. The third-order valence-electron chi connectivity index (χ3n) is 3.27. The number of benzene rings is 1. The van der Waals surface area contributed by atoms with Crippen LogP contribution in [-0.4, -0.2) is 24.9 Å². The molecule has 0 aromatic heterocycles. The van der Waals surface area contributed by atoms with Gasteiger partial charge in [0.15, 0.2) is 0 Å². The van der Waals surface area contributed by atoms with Gasteiger partial charge in [-0.2, -0.15) is 5.26 Å². The first-order chi connectivity index (χ1) is 10.6. The lowest BCUT2D eigenvalue weighted by molar-refractivity contribution is -0.121. The molecule has 0 aliphatic heterocycles. The molecule has 1 aromatic carbocycles. The number of carbonyl (C=O) groups is 2. The van der Waals surface area contributed by atoms with Crippen molar-refractivity contribution >= 4 is 11.8 Å². The molecule has 0 heterocycles. The Morgan fingerprint density at radius 3 is 2.55 bits per heavy atom. The lowest BCUT2D eigenvalue weighted by Crippen LogP contribution is -2.28. The number of nitriles is 1. The Morgan fingerprint density at radius 1 is 1.27 bits per heavy atom. The van der Waals surface area contributed by atoms with Crippen molar-refractivity contribution in [3.8, 4) is 6.07 Å². The molecule has 0 fully saturated rings. The Hall–Kier alpha value is -2.39. The molecule has 6 nitrogen and oxygen atoms in total. The number of hydrogen-bond donors (Lipinski definition) is 3. The molecule has 1 unspecified atom stereocenters. The van der Waals surface area contributed by atoms with Gasteiger partial charge in [0.2, 0.25) is 5.91 Å². The summed E-state index contributed by atoms with van der Waals surface area (Å²) in [6.07, 6.45) is 1.05. The molecule has 0 aliphatic rings. The minimum atomic E-state index is -0.141. The van der Waals surface area contributed by atoms with Gasteiger partial charge in [-0.05, 0) is 30.0 Å². The maximum atomic E-state index is 11.9. The molecule has 22 heavy (non-hydrogen) atoms. The summed E-state index contributed by atoms with van der Waals surface area (Å²) in [6.45, 7) is 2.92. The second-order valence-electron chi connectivity index (χ2n) is 5.19. The van der Waals surface area contributed by atoms with Gasteiger partial charge >= 0.3 is 0 Å². The molecule has 1 aromatic rings. The SMILES string of the molecule is CC(CCNC(=O)c1ccc(CN)cc1)CC(=O)NCC#N.